The van der Waals surface area contributed by atoms with Gasteiger partial charge in [-0.05, 0) is 6.07 Å². The maximum atomic E-state index is 13.7. The summed E-state index contributed by atoms with van der Waals surface area (Å²) in [5, 5.41) is 59.6. The van der Waals surface area contributed by atoms with E-state index in [1.54, 1.807) is 5.32 Å². The van der Waals surface area contributed by atoms with Crippen LogP contribution < -0.4 is 10.6 Å². The van der Waals surface area contributed by atoms with Crippen molar-refractivity contribution in [2.45, 2.75) is 30.6 Å². The van der Waals surface area contributed by atoms with Gasteiger partial charge in [-0.1, -0.05) is 0 Å². The fourth-order valence-electron chi connectivity index (χ4n) is 2.03. The minimum Gasteiger partial charge on any atom is -0.505 e. The summed E-state index contributed by atoms with van der Waals surface area (Å²) in [7, 11) is 0. The third-order valence-electron chi connectivity index (χ3n) is 3.55. The van der Waals surface area contributed by atoms with Crippen LogP contribution in [0.15, 0.2) is 12.1 Å². The minimum atomic E-state index is -4.78. The van der Waals surface area contributed by atoms with E-state index in [1.807, 2.05) is 0 Å². The molecule has 0 aliphatic carbocycles. The molecule has 4 atom stereocenters. The predicted octanol–water partition coefficient (Wildman–Crippen LogP) is -1.80. The van der Waals surface area contributed by atoms with Gasteiger partial charge in [-0.2, -0.15) is 13.2 Å². The van der Waals surface area contributed by atoms with Crippen LogP contribution in [0.5, 0.6) is 5.75 Å². The highest BCUT2D eigenvalue weighted by atomic mass is 19.4. The topological polar surface area (TPSA) is 180 Å². The molecule has 1 aromatic carbocycles. The van der Waals surface area contributed by atoms with E-state index in [9.17, 15) is 52.7 Å². The quantitative estimate of drug-likeness (QED) is 0.176. The van der Waals surface area contributed by atoms with Crippen LogP contribution in [-0.2, 0) is 4.79 Å². The molecule has 0 aliphatic heterocycles. The van der Waals surface area contributed by atoms with E-state index in [0.717, 1.165) is 0 Å². The summed E-state index contributed by atoms with van der Waals surface area (Å²) in [6.45, 7) is -2.80. The number of aliphatic hydroxyl groups excluding tert-OH is 5. The van der Waals surface area contributed by atoms with Crippen LogP contribution in [0.3, 0.4) is 0 Å². The number of nitrogens with one attached hydrogen (secondary N) is 2. The second-order valence-electron chi connectivity index (χ2n) is 5.81. The Balaban J connectivity index is 3.00. The summed E-state index contributed by atoms with van der Waals surface area (Å²) in [5.74, 6) is -5.45. The maximum Gasteiger partial charge on any atom is 0.405 e. The van der Waals surface area contributed by atoms with Crippen molar-refractivity contribution in [1.82, 2.24) is 5.32 Å². The van der Waals surface area contributed by atoms with Crippen molar-refractivity contribution >= 4 is 17.5 Å². The fourth-order valence-corrected chi connectivity index (χ4v) is 2.03. The van der Waals surface area contributed by atoms with Crippen LogP contribution >= 0.6 is 0 Å². The average molecular weight is 430 g/mol. The van der Waals surface area contributed by atoms with E-state index >= 15 is 0 Å². The number of benzene rings is 1. The number of anilines is 1. The van der Waals surface area contributed by atoms with Crippen LogP contribution in [0.25, 0.3) is 0 Å². The highest BCUT2D eigenvalue weighted by Crippen LogP contribution is 2.29. The number of hydrogen-bond donors (Lipinski definition) is 8. The van der Waals surface area contributed by atoms with Gasteiger partial charge in [0.05, 0.1) is 17.9 Å². The van der Waals surface area contributed by atoms with Gasteiger partial charge in [-0.25, -0.2) is 4.39 Å². The first-order valence-corrected chi connectivity index (χ1v) is 7.80. The smallest absolute Gasteiger partial charge is 0.405 e. The van der Waals surface area contributed by atoms with Crippen LogP contribution in [-0.4, -0.2) is 86.2 Å². The van der Waals surface area contributed by atoms with Crippen molar-refractivity contribution in [3.05, 3.63) is 23.5 Å². The van der Waals surface area contributed by atoms with Gasteiger partial charge in [0, 0.05) is 6.07 Å². The van der Waals surface area contributed by atoms with E-state index in [0.29, 0.717) is 12.1 Å². The second kappa shape index (κ2) is 9.80. The van der Waals surface area contributed by atoms with Crippen molar-refractivity contribution in [2.24, 2.45) is 0 Å². The Kier molecular flexibility index (Phi) is 8.28. The SMILES string of the molecule is O=C(NCC(F)(F)F)c1cc(F)cc(NC(=O)[C@H](O)[C@@H](O)[C@H](O)[C@H](O)CO)c1O. The van der Waals surface area contributed by atoms with Crippen molar-refractivity contribution in [1.29, 1.82) is 0 Å². The van der Waals surface area contributed by atoms with Gasteiger partial charge in [0.2, 0.25) is 0 Å². The molecule has 10 nitrogen and oxygen atoms in total. The lowest BCUT2D eigenvalue weighted by Gasteiger charge is -2.25. The number of halogens is 4. The Morgan fingerprint density at radius 3 is 2.17 bits per heavy atom. The minimum absolute atomic E-state index is 0.392. The molecular formula is C15H18F4N2O8. The summed E-state index contributed by atoms with van der Waals surface area (Å²) < 4.78 is 50.1. The molecule has 0 saturated carbocycles. The molecule has 2 amide bonds. The third kappa shape index (κ3) is 6.79. The molecule has 8 N–H and O–H groups in total. The van der Waals surface area contributed by atoms with E-state index < -0.39 is 78.4 Å². The largest absolute Gasteiger partial charge is 0.505 e. The number of phenols is 1. The predicted molar refractivity (Wildman–Crippen MR) is 86.2 cm³/mol. The molecule has 0 spiro atoms. The molecule has 29 heavy (non-hydrogen) atoms. The van der Waals surface area contributed by atoms with Gasteiger partial charge in [0.25, 0.3) is 11.8 Å². The summed E-state index contributed by atoms with van der Waals surface area (Å²) in [5.41, 5.74) is -1.80. The molecule has 1 aromatic rings. The Morgan fingerprint density at radius 2 is 1.66 bits per heavy atom. The maximum absolute atomic E-state index is 13.7. The third-order valence-corrected chi connectivity index (χ3v) is 3.55. The molecule has 0 saturated heterocycles. The van der Waals surface area contributed by atoms with E-state index in [1.165, 1.54) is 5.32 Å². The van der Waals surface area contributed by atoms with Crippen molar-refractivity contribution < 1.29 is 57.8 Å². The van der Waals surface area contributed by atoms with Crippen LogP contribution in [0.2, 0.25) is 0 Å². The second-order valence-corrected chi connectivity index (χ2v) is 5.81. The standard InChI is InChI=1S/C15H18F4N2O8/c16-5-1-6(13(28)20-4-15(17,18)19)9(24)7(2-5)21-14(29)12(27)11(26)10(25)8(23)3-22/h1-2,8,10-12,22-27H,3-4H2,(H,20,28)(H,21,29)/t8-,10-,11+,12-/m1/s1. The lowest BCUT2D eigenvalue weighted by Crippen LogP contribution is -2.50. The van der Waals surface area contributed by atoms with Gasteiger partial charge >= 0.3 is 6.18 Å². The first-order chi connectivity index (χ1) is 13.3. The number of aliphatic hydroxyl groups is 5. The number of hydrogen-bond acceptors (Lipinski definition) is 8. The Bertz CT molecular complexity index is 746. The molecule has 1 rings (SSSR count). The number of amides is 2. The van der Waals surface area contributed by atoms with Gasteiger partial charge < -0.3 is 41.3 Å². The lowest BCUT2D eigenvalue weighted by atomic mass is 10.0. The monoisotopic (exact) mass is 430 g/mol. The van der Waals surface area contributed by atoms with E-state index in [2.05, 4.69) is 0 Å². The highest BCUT2D eigenvalue weighted by Gasteiger charge is 2.35. The Morgan fingerprint density at radius 1 is 1.07 bits per heavy atom. The Hall–Kier alpha value is -2.52. The molecule has 0 bridgehead atoms. The molecule has 0 unspecified atom stereocenters. The number of carbonyl (C=O) groups is 2. The zero-order valence-corrected chi connectivity index (χ0v) is 14.4. The molecule has 0 radical (unpaired) electrons. The van der Waals surface area contributed by atoms with Gasteiger partial charge in [-0.15, -0.1) is 0 Å². The summed E-state index contributed by atoms with van der Waals surface area (Å²) >= 11 is 0. The van der Waals surface area contributed by atoms with Crippen molar-refractivity contribution in [3.8, 4) is 5.75 Å². The van der Waals surface area contributed by atoms with Crippen LogP contribution in [0.1, 0.15) is 10.4 Å². The van der Waals surface area contributed by atoms with E-state index in [-0.39, 0.29) is 0 Å². The van der Waals surface area contributed by atoms with Crippen molar-refractivity contribution in [2.75, 3.05) is 18.5 Å². The molecule has 164 valence electrons. The highest BCUT2D eigenvalue weighted by molar-refractivity contribution is 6.02. The zero-order chi connectivity index (χ0) is 22.5. The molecule has 0 fully saturated rings. The molecule has 0 aromatic heterocycles. The molecule has 0 heterocycles. The number of rotatable bonds is 8. The van der Waals surface area contributed by atoms with E-state index in [4.69, 9.17) is 5.11 Å². The number of alkyl halides is 3. The van der Waals surface area contributed by atoms with Crippen LogP contribution in [0, 0.1) is 5.82 Å². The Labute approximate surface area is 160 Å². The summed E-state index contributed by atoms with van der Waals surface area (Å²) in [6, 6.07) is 0.856. The van der Waals surface area contributed by atoms with Crippen molar-refractivity contribution in [3.63, 3.8) is 0 Å². The molecule has 14 heteroatoms. The summed E-state index contributed by atoms with van der Waals surface area (Å²) in [6.07, 6.45) is -13.6. The number of phenolic OH excluding ortho intramolecular Hbond substituents is 1. The zero-order valence-electron chi connectivity index (χ0n) is 14.4. The molecular weight excluding hydrogens is 412 g/mol. The average Bonchev–Trinajstić information content (AvgIpc) is 2.65. The first kappa shape index (κ1) is 24.5. The molecule has 0 aliphatic rings. The fraction of sp³-hybridized carbons (Fsp3) is 0.467. The van der Waals surface area contributed by atoms with Gasteiger partial charge in [-0.3, -0.25) is 9.59 Å². The first-order valence-electron chi connectivity index (χ1n) is 7.80. The summed E-state index contributed by atoms with van der Waals surface area (Å²) in [4.78, 5) is 23.6. The number of carbonyl (C=O) groups excluding carboxylic acids is 2. The normalized spacial score (nSPS) is 15.9. The lowest BCUT2D eigenvalue weighted by molar-refractivity contribution is -0.144. The number of aromatic hydroxyl groups is 1. The van der Waals surface area contributed by atoms with Gasteiger partial charge in [0.15, 0.2) is 11.9 Å². The van der Waals surface area contributed by atoms with Gasteiger partial charge in [0.1, 0.15) is 30.7 Å². The van der Waals surface area contributed by atoms with Crippen LogP contribution in [0.4, 0.5) is 23.2 Å².